The molecule has 2 saturated carbocycles. The van der Waals surface area contributed by atoms with Crippen molar-refractivity contribution in [1.82, 2.24) is 0 Å². The first-order valence-electron chi connectivity index (χ1n) is 8.56. The van der Waals surface area contributed by atoms with E-state index in [1.54, 1.807) is 0 Å². The Morgan fingerprint density at radius 3 is 2.11 bits per heavy atom. The van der Waals surface area contributed by atoms with Crippen molar-refractivity contribution in [2.24, 2.45) is 35.5 Å². The van der Waals surface area contributed by atoms with Gasteiger partial charge in [-0.05, 0) is 61.2 Å². The summed E-state index contributed by atoms with van der Waals surface area (Å²) in [5, 5.41) is 0. The molecule has 2 rings (SSSR count). The zero-order valence-corrected chi connectivity index (χ0v) is 13.1. The minimum atomic E-state index is 0.980. The Balaban J connectivity index is 1.76. The third-order valence-corrected chi connectivity index (χ3v) is 6.10. The van der Waals surface area contributed by atoms with Crippen molar-refractivity contribution < 1.29 is 0 Å². The van der Waals surface area contributed by atoms with Crippen LogP contribution in [0, 0.1) is 35.5 Å². The van der Waals surface area contributed by atoms with Crippen LogP contribution in [0.3, 0.4) is 0 Å². The zero-order chi connectivity index (χ0) is 13.1. The van der Waals surface area contributed by atoms with Crippen LogP contribution in [0.15, 0.2) is 0 Å². The predicted molar refractivity (Wildman–Crippen MR) is 80.6 cm³/mol. The molecule has 2 fully saturated rings. The minimum absolute atomic E-state index is 0.980. The summed E-state index contributed by atoms with van der Waals surface area (Å²) in [5.41, 5.74) is 0. The van der Waals surface area contributed by atoms with Crippen LogP contribution < -0.4 is 0 Å². The number of rotatable bonds is 3. The maximum absolute atomic E-state index is 2.51. The van der Waals surface area contributed by atoms with Crippen LogP contribution in [-0.4, -0.2) is 0 Å². The molecule has 0 saturated heterocycles. The van der Waals surface area contributed by atoms with Crippen molar-refractivity contribution in [3.63, 3.8) is 0 Å². The molecule has 0 aromatic rings. The van der Waals surface area contributed by atoms with Gasteiger partial charge in [-0.25, -0.2) is 0 Å². The Labute approximate surface area is 115 Å². The molecule has 0 heteroatoms. The van der Waals surface area contributed by atoms with Gasteiger partial charge in [-0.2, -0.15) is 0 Å². The van der Waals surface area contributed by atoms with Crippen molar-refractivity contribution in [1.29, 1.82) is 0 Å². The number of hydrogen-bond donors (Lipinski definition) is 0. The molecule has 0 heterocycles. The van der Waals surface area contributed by atoms with Gasteiger partial charge in [0.2, 0.25) is 0 Å². The van der Waals surface area contributed by atoms with Gasteiger partial charge < -0.3 is 0 Å². The molecule has 0 aromatic carbocycles. The highest BCUT2D eigenvalue weighted by molar-refractivity contribution is 4.80. The van der Waals surface area contributed by atoms with Gasteiger partial charge in [-0.1, -0.05) is 53.4 Å². The molecule has 106 valence electrons. The molecule has 0 spiro atoms. The summed E-state index contributed by atoms with van der Waals surface area (Å²) < 4.78 is 0. The zero-order valence-electron chi connectivity index (χ0n) is 13.1. The van der Waals surface area contributed by atoms with Crippen molar-refractivity contribution in [2.45, 2.75) is 79.1 Å². The van der Waals surface area contributed by atoms with E-state index in [0.717, 1.165) is 35.5 Å². The van der Waals surface area contributed by atoms with E-state index in [-0.39, 0.29) is 0 Å². The quantitative estimate of drug-likeness (QED) is 0.584. The fourth-order valence-corrected chi connectivity index (χ4v) is 4.90. The predicted octanol–water partition coefficient (Wildman–Crippen LogP) is 5.91. The van der Waals surface area contributed by atoms with Crippen LogP contribution in [-0.2, 0) is 0 Å². The first-order valence-corrected chi connectivity index (χ1v) is 8.56. The topological polar surface area (TPSA) is 0 Å². The van der Waals surface area contributed by atoms with Crippen LogP contribution in [0.5, 0.6) is 0 Å². The Kier molecular flexibility index (Phi) is 5.15. The lowest BCUT2D eigenvalue weighted by Crippen LogP contribution is -2.26. The van der Waals surface area contributed by atoms with E-state index in [2.05, 4.69) is 27.7 Å². The summed E-state index contributed by atoms with van der Waals surface area (Å²) in [6.07, 6.45) is 12.0. The molecule has 0 radical (unpaired) electrons. The first kappa shape index (κ1) is 14.4. The fourth-order valence-electron chi connectivity index (χ4n) is 4.90. The minimum Gasteiger partial charge on any atom is -0.0625 e. The molecule has 0 amide bonds. The van der Waals surface area contributed by atoms with E-state index in [1.807, 2.05) is 0 Å². The van der Waals surface area contributed by atoms with Crippen molar-refractivity contribution in [3.05, 3.63) is 0 Å². The molecular weight excluding hydrogens is 216 g/mol. The summed E-state index contributed by atoms with van der Waals surface area (Å²) in [6.45, 7) is 9.92. The SMILES string of the molecule is CC1CC(C)CC(CCC2CCCC(C)C2C)C1. The molecule has 5 atom stereocenters. The van der Waals surface area contributed by atoms with E-state index in [0.29, 0.717) is 0 Å². The van der Waals surface area contributed by atoms with E-state index in [9.17, 15) is 0 Å². The lowest BCUT2D eigenvalue weighted by Gasteiger charge is -2.37. The monoisotopic (exact) mass is 250 g/mol. The second kappa shape index (κ2) is 6.44. The standard InChI is InChI=1S/C18H34/c1-13-10-14(2)12-17(11-13)8-9-18-7-5-6-15(3)16(18)4/h13-18H,5-12H2,1-4H3. The second-order valence-electron chi connectivity index (χ2n) is 7.89. The van der Waals surface area contributed by atoms with Crippen LogP contribution in [0.4, 0.5) is 0 Å². The van der Waals surface area contributed by atoms with Crippen LogP contribution in [0.2, 0.25) is 0 Å². The third-order valence-electron chi connectivity index (χ3n) is 6.10. The van der Waals surface area contributed by atoms with E-state index >= 15 is 0 Å². The van der Waals surface area contributed by atoms with E-state index < -0.39 is 0 Å². The highest BCUT2D eigenvalue weighted by Gasteiger charge is 2.29. The molecule has 0 aromatic heterocycles. The fraction of sp³-hybridized carbons (Fsp3) is 1.00. The average molecular weight is 250 g/mol. The Hall–Kier alpha value is 0. The molecule has 2 aliphatic carbocycles. The first-order chi connectivity index (χ1) is 8.56. The lowest BCUT2D eigenvalue weighted by molar-refractivity contribution is 0.145. The molecule has 0 N–H and O–H groups in total. The maximum Gasteiger partial charge on any atom is -0.0386 e. The molecule has 18 heavy (non-hydrogen) atoms. The molecule has 0 bridgehead atoms. The summed E-state index contributed by atoms with van der Waals surface area (Å²) in [5.74, 6) is 6.03. The summed E-state index contributed by atoms with van der Waals surface area (Å²) in [4.78, 5) is 0. The molecular formula is C18H34. The van der Waals surface area contributed by atoms with Gasteiger partial charge in [0.15, 0.2) is 0 Å². The van der Waals surface area contributed by atoms with Gasteiger partial charge in [0.05, 0.1) is 0 Å². The Morgan fingerprint density at radius 2 is 1.44 bits per heavy atom. The third kappa shape index (κ3) is 3.75. The highest BCUT2D eigenvalue weighted by Crippen LogP contribution is 2.40. The summed E-state index contributed by atoms with van der Waals surface area (Å²) >= 11 is 0. The van der Waals surface area contributed by atoms with Crippen molar-refractivity contribution >= 4 is 0 Å². The summed E-state index contributed by atoms with van der Waals surface area (Å²) in [6, 6.07) is 0. The second-order valence-corrected chi connectivity index (χ2v) is 7.89. The van der Waals surface area contributed by atoms with Crippen molar-refractivity contribution in [2.75, 3.05) is 0 Å². The van der Waals surface area contributed by atoms with Crippen molar-refractivity contribution in [3.8, 4) is 0 Å². The van der Waals surface area contributed by atoms with Gasteiger partial charge in [0.1, 0.15) is 0 Å². The maximum atomic E-state index is 2.51. The van der Waals surface area contributed by atoms with Crippen LogP contribution in [0.1, 0.15) is 79.1 Å². The highest BCUT2D eigenvalue weighted by atomic mass is 14.3. The van der Waals surface area contributed by atoms with Gasteiger partial charge in [-0.15, -0.1) is 0 Å². The molecule has 0 aliphatic heterocycles. The van der Waals surface area contributed by atoms with Crippen LogP contribution >= 0.6 is 0 Å². The molecule has 0 nitrogen and oxygen atoms in total. The van der Waals surface area contributed by atoms with Gasteiger partial charge in [-0.3, -0.25) is 0 Å². The average Bonchev–Trinajstić information content (AvgIpc) is 2.30. The van der Waals surface area contributed by atoms with Crippen LogP contribution in [0.25, 0.3) is 0 Å². The Morgan fingerprint density at radius 1 is 0.778 bits per heavy atom. The summed E-state index contributed by atoms with van der Waals surface area (Å²) in [7, 11) is 0. The smallest absolute Gasteiger partial charge is 0.0386 e. The Bertz CT molecular complexity index is 234. The van der Waals surface area contributed by atoms with Gasteiger partial charge in [0.25, 0.3) is 0 Å². The lowest BCUT2D eigenvalue weighted by atomic mass is 9.69. The van der Waals surface area contributed by atoms with Gasteiger partial charge in [0, 0.05) is 0 Å². The van der Waals surface area contributed by atoms with Gasteiger partial charge >= 0.3 is 0 Å². The number of hydrogen-bond acceptors (Lipinski definition) is 0. The normalized spacial score (nSPS) is 46.0. The molecule has 2 aliphatic rings. The van der Waals surface area contributed by atoms with E-state index in [1.165, 1.54) is 51.4 Å². The largest absolute Gasteiger partial charge is 0.0625 e. The molecule has 5 unspecified atom stereocenters. The van der Waals surface area contributed by atoms with E-state index in [4.69, 9.17) is 0 Å².